The van der Waals surface area contributed by atoms with Gasteiger partial charge in [-0.3, -0.25) is 4.79 Å². The van der Waals surface area contributed by atoms with Crippen molar-refractivity contribution in [1.29, 1.82) is 0 Å². The normalized spacial score (nSPS) is 23.6. The smallest absolute Gasteiger partial charge is 0.224 e. The Morgan fingerprint density at radius 2 is 2.17 bits per heavy atom. The van der Waals surface area contributed by atoms with Gasteiger partial charge in [0.25, 0.3) is 0 Å². The summed E-state index contributed by atoms with van der Waals surface area (Å²) >= 11 is 0. The molecule has 0 saturated carbocycles. The third kappa shape index (κ3) is 3.84. The quantitative estimate of drug-likeness (QED) is 0.847. The van der Waals surface area contributed by atoms with Crippen LogP contribution in [0.15, 0.2) is 30.3 Å². The number of rotatable bonds is 4. The molecule has 2 atom stereocenters. The summed E-state index contributed by atoms with van der Waals surface area (Å²) in [4.78, 5) is 11.8. The zero-order chi connectivity index (χ0) is 12.8. The van der Waals surface area contributed by atoms with E-state index in [4.69, 9.17) is 0 Å². The van der Waals surface area contributed by atoms with Gasteiger partial charge in [0, 0.05) is 6.54 Å². The van der Waals surface area contributed by atoms with Crippen LogP contribution in [0.25, 0.3) is 0 Å². The van der Waals surface area contributed by atoms with E-state index < -0.39 is 0 Å². The lowest BCUT2D eigenvalue weighted by atomic mass is 9.88. The van der Waals surface area contributed by atoms with E-state index in [1.807, 2.05) is 30.3 Å². The maximum Gasteiger partial charge on any atom is 0.224 e. The van der Waals surface area contributed by atoms with Gasteiger partial charge in [-0.25, -0.2) is 0 Å². The molecule has 3 heteroatoms. The first-order valence-corrected chi connectivity index (χ1v) is 6.77. The molecule has 18 heavy (non-hydrogen) atoms. The Hall–Kier alpha value is -1.35. The molecule has 1 aliphatic heterocycles. The van der Waals surface area contributed by atoms with E-state index in [1.165, 1.54) is 0 Å². The average Bonchev–Trinajstić information content (AvgIpc) is 2.39. The number of nitrogens with one attached hydrogen (secondary N) is 2. The first-order valence-electron chi connectivity index (χ1n) is 6.77. The summed E-state index contributed by atoms with van der Waals surface area (Å²) in [6, 6.07) is 9.90. The van der Waals surface area contributed by atoms with Crippen LogP contribution in [0.5, 0.6) is 0 Å². The largest absolute Gasteiger partial charge is 0.356 e. The predicted octanol–water partition coefficient (Wildman–Crippen LogP) is 1.59. The monoisotopic (exact) mass is 246 g/mol. The van der Waals surface area contributed by atoms with E-state index >= 15 is 0 Å². The summed E-state index contributed by atoms with van der Waals surface area (Å²) in [6.45, 7) is 5.21. The highest BCUT2D eigenvalue weighted by Crippen LogP contribution is 2.17. The summed E-state index contributed by atoms with van der Waals surface area (Å²) in [6.07, 6.45) is 1.65. The molecule has 0 bridgehead atoms. The van der Waals surface area contributed by atoms with Gasteiger partial charge in [0.2, 0.25) is 5.91 Å². The average molecular weight is 246 g/mol. The Kier molecular flexibility index (Phi) is 4.76. The van der Waals surface area contributed by atoms with Crippen molar-refractivity contribution in [3.05, 3.63) is 35.9 Å². The zero-order valence-corrected chi connectivity index (χ0v) is 11.0. The van der Waals surface area contributed by atoms with Gasteiger partial charge in [-0.15, -0.1) is 0 Å². The Morgan fingerprint density at radius 1 is 1.39 bits per heavy atom. The fourth-order valence-electron chi connectivity index (χ4n) is 2.46. The van der Waals surface area contributed by atoms with Crippen molar-refractivity contribution in [3.63, 3.8) is 0 Å². The van der Waals surface area contributed by atoms with Crippen LogP contribution < -0.4 is 10.6 Å². The summed E-state index contributed by atoms with van der Waals surface area (Å²) in [5.74, 6) is 1.40. The molecule has 0 radical (unpaired) electrons. The third-order valence-corrected chi connectivity index (χ3v) is 3.73. The molecule has 1 aromatic carbocycles. The van der Waals surface area contributed by atoms with Crippen LogP contribution in [0, 0.1) is 11.8 Å². The van der Waals surface area contributed by atoms with E-state index in [-0.39, 0.29) is 5.91 Å². The molecule has 1 fully saturated rings. The maximum atomic E-state index is 11.8. The van der Waals surface area contributed by atoms with Gasteiger partial charge in [-0.05, 0) is 36.9 Å². The number of carbonyl (C=O) groups excluding carboxylic acids is 1. The summed E-state index contributed by atoms with van der Waals surface area (Å²) < 4.78 is 0. The highest BCUT2D eigenvalue weighted by atomic mass is 16.1. The molecule has 0 aliphatic carbocycles. The van der Waals surface area contributed by atoms with Crippen molar-refractivity contribution in [3.8, 4) is 0 Å². The fraction of sp³-hybridized carbons (Fsp3) is 0.533. The molecule has 1 saturated heterocycles. The molecule has 2 N–H and O–H groups in total. The Balaban J connectivity index is 1.74. The molecule has 1 aromatic rings. The van der Waals surface area contributed by atoms with Crippen LogP contribution in [0.4, 0.5) is 0 Å². The number of benzene rings is 1. The first-order chi connectivity index (χ1) is 8.75. The van der Waals surface area contributed by atoms with Gasteiger partial charge in [0.1, 0.15) is 0 Å². The second-order valence-electron chi connectivity index (χ2n) is 5.20. The van der Waals surface area contributed by atoms with E-state index in [2.05, 4.69) is 17.6 Å². The van der Waals surface area contributed by atoms with Crippen LogP contribution >= 0.6 is 0 Å². The lowest BCUT2D eigenvalue weighted by Crippen LogP contribution is -2.41. The minimum atomic E-state index is 0.131. The minimum Gasteiger partial charge on any atom is -0.356 e. The molecular formula is C15H22N2O. The van der Waals surface area contributed by atoms with Gasteiger partial charge >= 0.3 is 0 Å². The molecular weight excluding hydrogens is 224 g/mol. The van der Waals surface area contributed by atoms with Crippen molar-refractivity contribution in [2.24, 2.45) is 11.8 Å². The molecule has 1 aliphatic rings. The predicted molar refractivity (Wildman–Crippen MR) is 73.3 cm³/mol. The van der Waals surface area contributed by atoms with Crippen LogP contribution in [0.3, 0.4) is 0 Å². The maximum absolute atomic E-state index is 11.8. The van der Waals surface area contributed by atoms with Crippen molar-refractivity contribution < 1.29 is 4.79 Å². The van der Waals surface area contributed by atoms with E-state index in [1.54, 1.807) is 0 Å². The molecule has 98 valence electrons. The lowest BCUT2D eigenvalue weighted by molar-refractivity contribution is -0.120. The summed E-state index contributed by atoms with van der Waals surface area (Å²) in [5.41, 5.74) is 1.08. The summed E-state index contributed by atoms with van der Waals surface area (Å²) in [5, 5.41) is 6.44. The van der Waals surface area contributed by atoms with Crippen molar-refractivity contribution in [1.82, 2.24) is 10.6 Å². The Labute approximate surface area is 109 Å². The number of hydrogen-bond acceptors (Lipinski definition) is 2. The third-order valence-electron chi connectivity index (χ3n) is 3.73. The minimum absolute atomic E-state index is 0.131. The first kappa shape index (κ1) is 13.1. The number of hydrogen-bond donors (Lipinski definition) is 2. The van der Waals surface area contributed by atoms with Gasteiger partial charge in [-0.1, -0.05) is 37.3 Å². The van der Waals surface area contributed by atoms with Gasteiger partial charge in [-0.2, -0.15) is 0 Å². The van der Waals surface area contributed by atoms with Crippen molar-refractivity contribution in [2.45, 2.75) is 19.8 Å². The second-order valence-corrected chi connectivity index (χ2v) is 5.20. The highest BCUT2D eigenvalue weighted by molar-refractivity contribution is 5.78. The van der Waals surface area contributed by atoms with E-state index in [0.29, 0.717) is 18.3 Å². The van der Waals surface area contributed by atoms with E-state index in [0.717, 1.165) is 31.6 Å². The second kappa shape index (κ2) is 6.55. The molecule has 0 aromatic heterocycles. The summed E-state index contributed by atoms with van der Waals surface area (Å²) in [7, 11) is 0. The molecule has 0 spiro atoms. The Morgan fingerprint density at radius 3 is 2.89 bits per heavy atom. The van der Waals surface area contributed by atoms with Gasteiger partial charge in [0.05, 0.1) is 6.42 Å². The number of piperidine rings is 1. The van der Waals surface area contributed by atoms with Crippen LogP contribution in [0.2, 0.25) is 0 Å². The zero-order valence-electron chi connectivity index (χ0n) is 11.0. The topological polar surface area (TPSA) is 41.1 Å². The van der Waals surface area contributed by atoms with Gasteiger partial charge in [0.15, 0.2) is 0 Å². The van der Waals surface area contributed by atoms with Crippen molar-refractivity contribution in [2.75, 3.05) is 19.6 Å². The SMILES string of the molecule is CC1CNCCC1CNC(=O)Cc1ccccc1. The molecule has 1 amide bonds. The lowest BCUT2D eigenvalue weighted by Gasteiger charge is -2.29. The highest BCUT2D eigenvalue weighted by Gasteiger charge is 2.21. The van der Waals surface area contributed by atoms with Crippen molar-refractivity contribution >= 4 is 5.91 Å². The van der Waals surface area contributed by atoms with Crippen LogP contribution in [0.1, 0.15) is 18.9 Å². The fourth-order valence-corrected chi connectivity index (χ4v) is 2.46. The van der Waals surface area contributed by atoms with Crippen LogP contribution in [-0.2, 0) is 11.2 Å². The van der Waals surface area contributed by atoms with Crippen LogP contribution in [-0.4, -0.2) is 25.5 Å². The number of amides is 1. The Bertz CT molecular complexity index is 377. The molecule has 1 heterocycles. The molecule has 2 unspecified atom stereocenters. The molecule has 3 nitrogen and oxygen atoms in total. The van der Waals surface area contributed by atoms with Gasteiger partial charge < -0.3 is 10.6 Å². The number of carbonyl (C=O) groups is 1. The standard InChI is InChI=1S/C15H22N2O/c1-12-10-16-8-7-14(12)11-17-15(18)9-13-5-3-2-4-6-13/h2-6,12,14,16H,7-11H2,1H3,(H,17,18). The van der Waals surface area contributed by atoms with E-state index in [9.17, 15) is 4.79 Å². The molecule has 2 rings (SSSR count).